The summed E-state index contributed by atoms with van der Waals surface area (Å²) in [7, 11) is 1.93. The van der Waals surface area contributed by atoms with E-state index in [1.165, 1.54) is 56.9 Å². The van der Waals surface area contributed by atoms with Crippen molar-refractivity contribution < 1.29 is 4.74 Å². The van der Waals surface area contributed by atoms with Crippen molar-refractivity contribution >= 4 is 0 Å². The predicted octanol–water partition coefficient (Wildman–Crippen LogP) is 7.98. The van der Waals surface area contributed by atoms with E-state index < -0.39 is 0 Å². The van der Waals surface area contributed by atoms with E-state index in [-0.39, 0.29) is 11.5 Å². The van der Waals surface area contributed by atoms with Crippen molar-refractivity contribution in [3.05, 3.63) is 36.0 Å². The molecule has 30 heavy (non-hydrogen) atoms. The van der Waals surface area contributed by atoms with Crippen LogP contribution in [0.3, 0.4) is 0 Å². The number of ether oxygens (including phenoxy) is 1. The van der Waals surface area contributed by atoms with Gasteiger partial charge in [0.05, 0.1) is 6.10 Å². The molecule has 4 rings (SSSR count). The summed E-state index contributed by atoms with van der Waals surface area (Å²) < 4.78 is 6.15. The molecule has 1 heteroatoms. The first-order valence-electron chi connectivity index (χ1n) is 12.8. The maximum atomic E-state index is 6.15. The Balaban J connectivity index is 1.52. The summed E-state index contributed by atoms with van der Waals surface area (Å²) >= 11 is 0. The lowest BCUT2D eigenvalue weighted by molar-refractivity contribution is 0.0826. The van der Waals surface area contributed by atoms with Crippen molar-refractivity contribution in [2.75, 3.05) is 7.11 Å². The molecule has 0 radical (unpaired) electrons. The van der Waals surface area contributed by atoms with Gasteiger partial charge in [0.25, 0.3) is 0 Å². The predicted molar refractivity (Wildman–Crippen MR) is 128 cm³/mol. The lowest BCUT2D eigenvalue weighted by atomic mass is 9.61. The molecule has 2 unspecified atom stereocenters. The van der Waals surface area contributed by atoms with Gasteiger partial charge >= 0.3 is 0 Å². The molecule has 0 spiro atoms. The number of methoxy groups -OCH3 is 1. The van der Waals surface area contributed by atoms with Gasteiger partial charge in [-0.05, 0) is 92.3 Å². The summed E-state index contributed by atoms with van der Waals surface area (Å²) in [6.45, 7) is 16.6. The number of rotatable bonds is 7. The first kappa shape index (κ1) is 22.4. The molecule has 4 fully saturated rings. The molecule has 8 atom stereocenters. The Kier molecular flexibility index (Phi) is 6.17. The first-order chi connectivity index (χ1) is 14.2. The van der Waals surface area contributed by atoms with Gasteiger partial charge in [0, 0.05) is 12.5 Å². The van der Waals surface area contributed by atoms with Gasteiger partial charge in [0.15, 0.2) is 0 Å². The van der Waals surface area contributed by atoms with Crippen LogP contribution < -0.4 is 0 Å². The van der Waals surface area contributed by atoms with E-state index >= 15 is 0 Å². The molecule has 0 N–H and O–H groups in total. The van der Waals surface area contributed by atoms with Crippen LogP contribution in [0.25, 0.3) is 0 Å². The van der Waals surface area contributed by atoms with E-state index in [0.717, 1.165) is 23.7 Å². The lowest BCUT2D eigenvalue weighted by Gasteiger charge is -2.44. The second kappa shape index (κ2) is 8.27. The van der Waals surface area contributed by atoms with E-state index in [1.807, 2.05) is 7.11 Å². The molecular weight excluding hydrogens is 364 g/mol. The highest BCUT2D eigenvalue weighted by atomic mass is 16.5. The summed E-state index contributed by atoms with van der Waals surface area (Å²) in [5.41, 5.74) is 3.94. The third-order valence-corrected chi connectivity index (χ3v) is 10.2. The molecule has 168 valence electrons. The van der Waals surface area contributed by atoms with Crippen LogP contribution in [-0.2, 0) is 4.74 Å². The van der Waals surface area contributed by atoms with Gasteiger partial charge in [-0.2, -0.15) is 0 Å². The average Bonchev–Trinajstić information content (AvgIpc) is 3.21. The molecule has 0 bridgehead atoms. The topological polar surface area (TPSA) is 9.23 Å². The summed E-state index contributed by atoms with van der Waals surface area (Å²) in [5, 5.41) is 0. The maximum absolute atomic E-state index is 6.15. The third kappa shape index (κ3) is 3.58. The number of hydrogen-bond donors (Lipinski definition) is 0. The van der Waals surface area contributed by atoms with Crippen molar-refractivity contribution in [1.29, 1.82) is 0 Å². The van der Waals surface area contributed by atoms with Gasteiger partial charge in [-0.25, -0.2) is 0 Å². The quantitative estimate of drug-likeness (QED) is 0.386. The fraction of sp³-hybridized carbons (Fsp3) is 0.793. The summed E-state index contributed by atoms with van der Waals surface area (Å²) in [6, 6.07) is 0. The van der Waals surface area contributed by atoms with Crippen LogP contribution in [0.4, 0.5) is 0 Å². The largest absolute Gasteiger partial charge is 0.376 e. The number of fused-ring (bicyclic) bond motifs is 2. The van der Waals surface area contributed by atoms with E-state index in [2.05, 4.69) is 59.4 Å². The Morgan fingerprint density at radius 3 is 2.43 bits per heavy atom. The first-order valence-corrected chi connectivity index (χ1v) is 12.8. The Labute approximate surface area is 186 Å². The van der Waals surface area contributed by atoms with E-state index in [9.17, 15) is 0 Å². The molecule has 4 aliphatic carbocycles. The Bertz CT molecular complexity index is 714. The van der Waals surface area contributed by atoms with Crippen LogP contribution in [-0.4, -0.2) is 13.2 Å². The Hall–Kier alpha value is -0.820. The summed E-state index contributed by atoms with van der Waals surface area (Å²) in [4.78, 5) is 0. The molecule has 1 nitrogen and oxygen atoms in total. The van der Waals surface area contributed by atoms with Crippen molar-refractivity contribution in [2.45, 2.75) is 92.1 Å². The molecule has 0 aromatic rings. The minimum atomic E-state index is 0.262. The normalized spacial score (nSPS) is 42.6. The van der Waals surface area contributed by atoms with Gasteiger partial charge in [-0.3, -0.25) is 0 Å². The molecule has 0 heterocycles. The van der Waals surface area contributed by atoms with Crippen LogP contribution in [0.2, 0.25) is 0 Å². The monoisotopic (exact) mass is 410 g/mol. The molecular formula is C29H46O. The zero-order valence-corrected chi connectivity index (χ0v) is 20.5. The zero-order chi connectivity index (χ0) is 21.7. The van der Waals surface area contributed by atoms with Crippen LogP contribution in [0, 0.1) is 46.3 Å². The highest BCUT2D eigenvalue weighted by Gasteiger charge is 2.63. The van der Waals surface area contributed by atoms with Crippen LogP contribution in [0.5, 0.6) is 0 Å². The second-order valence-corrected chi connectivity index (χ2v) is 11.9. The standard InChI is InChI=1S/C29H46O/c1-19(2)20(3)10-11-21(4)25-14-15-26-23(9-8-16-28(25,26)6)17-27(30-7)29-18-24(29)13-12-22(29)5/h10-11,17,19-21,24-27H,5,8-9,12-16,18H2,1-4,6-7H3/b11-10+,23-17+/t20-,21+,24+,25+,26-,27?,28+,29?/m0/s1. The van der Waals surface area contributed by atoms with Gasteiger partial charge in [-0.15, -0.1) is 0 Å². The fourth-order valence-electron chi connectivity index (χ4n) is 7.74. The fourth-order valence-corrected chi connectivity index (χ4v) is 7.74. The molecule has 0 aromatic carbocycles. The lowest BCUT2D eigenvalue weighted by Crippen LogP contribution is -2.36. The smallest absolute Gasteiger partial charge is 0.0850 e. The van der Waals surface area contributed by atoms with Crippen molar-refractivity contribution in [2.24, 2.45) is 46.3 Å². The molecule has 4 aliphatic rings. The molecule has 0 aliphatic heterocycles. The van der Waals surface area contributed by atoms with Crippen LogP contribution in [0.15, 0.2) is 36.0 Å². The molecule has 0 saturated heterocycles. The van der Waals surface area contributed by atoms with Crippen LogP contribution >= 0.6 is 0 Å². The second-order valence-electron chi connectivity index (χ2n) is 11.9. The zero-order valence-electron chi connectivity index (χ0n) is 20.5. The van der Waals surface area contributed by atoms with E-state index in [0.29, 0.717) is 17.3 Å². The highest BCUT2D eigenvalue weighted by Crippen LogP contribution is 2.69. The van der Waals surface area contributed by atoms with Gasteiger partial charge in [0.2, 0.25) is 0 Å². The maximum Gasteiger partial charge on any atom is 0.0850 e. The summed E-state index contributed by atoms with van der Waals surface area (Å²) in [5.74, 6) is 4.50. The highest BCUT2D eigenvalue weighted by molar-refractivity contribution is 5.35. The number of hydrogen-bond acceptors (Lipinski definition) is 1. The number of allylic oxidation sites excluding steroid dienone is 3. The van der Waals surface area contributed by atoms with Crippen molar-refractivity contribution in [3.8, 4) is 0 Å². The third-order valence-electron chi connectivity index (χ3n) is 10.2. The minimum absolute atomic E-state index is 0.262. The van der Waals surface area contributed by atoms with Gasteiger partial charge < -0.3 is 4.74 Å². The summed E-state index contributed by atoms with van der Waals surface area (Å²) in [6.07, 6.45) is 18.6. The average molecular weight is 411 g/mol. The van der Waals surface area contributed by atoms with Gasteiger partial charge in [0.1, 0.15) is 0 Å². The molecule has 0 amide bonds. The SMILES string of the molecule is C=C1CC[C@@H]2CC12C(/C=C1\CCC[C@]2(C)[C@@H]([C@H](C)/C=C/[C@H](C)C(C)C)CC[C@@H]12)OC. The Morgan fingerprint density at radius 1 is 1.07 bits per heavy atom. The van der Waals surface area contributed by atoms with E-state index in [1.54, 1.807) is 5.57 Å². The van der Waals surface area contributed by atoms with Gasteiger partial charge in [-0.1, -0.05) is 70.6 Å². The van der Waals surface area contributed by atoms with Crippen molar-refractivity contribution in [1.82, 2.24) is 0 Å². The minimum Gasteiger partial charge on any atom is -0.376 e. The molecule has 4 saturated carbocycles. The Morgan fingerprint density at radius 2 is 1.83 bits per heavy atom. The van der Waals surface area contributed by atoms with Crippen molar-refractivity contribution in [3.63, 3.8) is 0 Å². The van der Waals surface area contributed by atoms with E-state index in [4.69, 9.17) is 4.74 Å². The molecule has 0 aromatic heterocycles. The van der Waals surface area contributed by atoms with Crippen LogP contribution in [0.1, 0.15) is 86.0 Å².